The SMILES string of the molecule is Cn1c(CN2C[C@H](c3ccccc3)CC2=O)nnc1SCC(=O)Nc1ccc(OC(F)(F)F)cc1. The maximum Gasteiger partial charge on any atom is 0.573 e. The summed E-state index contributed by atoms with van der Waals surface area (Å²) in [5.74, 6) is 0.0966. The molecule has 0 radical (unpaired) electrons. The first-order chi connectivity index (χ1) is 16.7. The number of ether oxygens (including phenoxy) is 1. The Morgan fingerprint density at radius 2 is 1.86 bits per heavy atom. The van der Waals surface area contributed by atoms with Crippen LogP contribution in [0.4, 0.5) is 18.9 Å². The zero-order valence-electron chi connectivity index (χ0n) is 18.7. The zero-order valence-corrected chi connectivity index (χ0v) is 19.5. The van der Waals surface area contributed by atoms with E-state index in [9.17, 15) is 22.8 Å². The predicted octanol–water partition coefficient (Wildman–Crippen LogP) is 3.96. The van der Waals surface area contributed by atoms with Gasteiger partial charge in [0.1, 0.15) is 5.75 Å². The van der Waals surface area contributed by atoms with Crippen molar-refractivity contribution >= 4 is 29.3 Å². The van der Waals surface area contributed by atoms with Crippen LogP contribution in [0, 0.1) is 0 Å². The van der Waals surface area contributed by atoms with Gasteiger partial charge >= 0.3 is 6.36 Å². The minimum atomic E-state index is -4.78. The van der Waals surface area contributed by atoms with Gasteiger partial charge in [-0.15, -0.1) is 23.4 Å². The smallest absolute Gasteiger partial charge is 0.406 e. The van der Waals surface area contributed by atoms with E-state index in [0.717, 1.165) is 29.5 Å². The number of nitrogens with zero attached hydrogens (tertiary/aromatic N) is 4. The minimum absolute atomic E-state index is 0.0193. The second kappa shape index (κ2) is 10.4. The predicted molar refractivity (Wildman–Crippen MR) is 123 cm³/mol. The maximum atomic E-state index is 12.5. The molecule has 2 amide bonds. The first-order valence-electron chi connectivity index (χ1n) is 10.7. The Morgan fingerprint density at radius 1 is 1.14 bits per heavy atom. The van der Waals surface area contributed by atoms with Crippen LogP contribution in [0.5, 0.6) is 5.75 Å². The second-order valence-corrected chi connectivity index (χ2v) is 8.90. The van der Waals surface area contributed by atoms with Gasteiger partial charge < -0.3 is 19.5 Å². The fourth-order valence-corrected chi connectivity index (χ4v) is 4.45. The fraction of sp³-hybridized carbons (Fsp3) is 0.304. The summed E-state index contributed by atoms with van der Waals surface area (Å²) < 4.78 is 42.3. The third-order valence-corrected chi connectivity index (χ3v) is 6.47. The molecule has 0 saturated carbocycles. The molecule has 1 saturated heterocycles. The summed E-state index contributed by atoms with van der Waals surface area (Å²) in [5.41, 5.74) is 1.47. The molecular formula is C23H22F3N5O3S. The van der Waals surface area contributed by atoms with Crippen LogP contribution in [0.15, 0.2) is 59.8 Å². The molecule has 12 heteroatoms. The molecule has 1 fully saturated rings. The van der Waals surface area contributed by atoms with Crippen LogP contribution >= 0.6 is 11.8 Å². The Kier molecular flexibility index (Phi) is 7.29. The number of halogens is 3. The first kappa shape index (κ1) is 24.6. The molecule has 4 rings (SSSR count). The number of aromatic nitrogens is 3. The van der Waals surface area contributed by atoms with Crippen molar-refractivity contribution in [3.8, 4) is 5.75 Å². The van der Waals surface area contributed by atoms with Crippen LogP contribution < -0.4 is 10.1 Å². The van der Waals surface area contributed by atoms with Gasteiger partial charge in [0.2, 0.25) is 11.8 Å². The molecule has 1 aliphatic heterocycles. The van der Waals surface area contributed by atoms with Gasteiger partial charge in [0.25, 0.3) is 0 Å². The van der Waals surface area contributed by atoms with Crippen molar-refractivity contribution in [2.45, 2.75) is 30.4 Å². The van der Waals surface area contributed by atoms with Crippen LogP contribution in [0.3, 0.4) is 0 Å². The Hall–Kier alpha value is -3.54. The van der Waals surface area contributed by atoms with E-state index < -0.39 is 6.36 Å². The summed E-state index contributed by atoms with van der Waals surface area (Å²) in [6.07, 6.45) is -4.32. The summed E-state index contributed by atoms with van der Waals surface area (Å²) in [5, 5.41) is 11.4. The van der Waals surface area contributed by atoms with Crippen molar-refractivity contribution in [3.05, 3.63) is 66.0 Å². The van der Waals surface area contributed by atoms with E-state index >= 15 is 0 Å². The lowest BCUT2D eigenvalue weighted by atomic mass is 9.99. The maximum absolute atomic E-state index is 12.5. The molecule has 1 aromatic heterocycles. The third kappa shape index (κ3) is 6.53. The number of anilines is 1. The van der Waals surface area contributed by atoms with Crippen LogP contribution in [0.2, 0.25) is 0 Å². The molecule has 35 heavy (non-hydrogen) atoms. The number of nitrogens with one attached hydrogen (secondary N) is 1. The topological polar surface area (TPSA) is 89.4 Å². The first-order valence-corrected chi connectivity index (χ1v) is 11.7. The summed E-state index contributed by atoms with van der Waals surface area (Å²) in [7, 11) is 1.77. The minimum Gasteiger partial charge on any atom is -0.406 e. The molecule has 1 aliphatic rings. The lowest BCUT2D eigenvalue weighted by Crippen LogP contribution is -2.26. The fourth-order valence-electron chi connectivity index (χ4n) is 3.72. The molecule has 8 nitrogen and oxygen atoms in total. The number of thioether (sulfide) groups is 1. The number of alkyl halides is 3. The number of carbonyl (C=O) groups is 2. The average molecular weight is 506 g/mol. The van der Waals surface area contributed by atoms with Crippen LogP contribution in [-0.2, 0) is 23.2 Å². The highest BCUT2D eigenvalue weighted by atomic mass is 32.2. The van der Waals surface area contributed by atoms with Crippen molar-refractivity contribution in [2.24, 2.45) is 7.05 Å². The van der Waals surface area contributed by atoms with Crippen LogP contribution in [0.1, 0.15) is 23.7 Å². The summed E-state index contributed by atoms with van der Waals surface area (Å²) >= 11 is 1.16. The second-order valence-electron chi connectivity index (χ2n) is 7.95. The highest BCUT2D eigenvalue weighted by Crippen LogP contribution is 2.29. The van der Waals surface area contributed by atoms with E-state index in [1.165, 1.54) is 12.1 Å². The Morgan fingerprint density at radius 3 is 2.54 bits per heavy atom. The standard InChI is InChI=1S/C23H22F3N5O3S/c1-30-19(13-31-12-16(11-21(31)33)15-5-3-2-4-6-15)28-29-22(30)35-14-20(32)27-17-7-9-18(10-8-17)34-23(24,25)26/h2-10,16H,11-14H2,1H3,(H,27,32)/t16-/m1/s1. The average Bonchev–Trinajstić information content (AvgIpc) is 3.36. The molecule has 2 heterocycles. The molecule has 1 N–H and O–H groups in total. The highest BCUT2D eigenvalue weighted by Gasteiger charge is 2.32. The van der Waals surface area contributed by atoms with E-state index in [0.29, 0.717) is 36.2 Å². The van der Waals surface area contributed by atoms with E-state index in [4.69, 9.17) is 0 Å². The van der Waals surface area contributed by atoms with Crippen LogP contribution in [0.25, 0.3) is 0 Å². The quantitative estimate of drug-likeness (QED) is 0.466. The van der Waals surface area contributed by atoms with Crippen molar-refractivity contribution in [1.82, 2.24) is 19.7 Å². The van der Waals surface area contributed by atoms with E-state index in [1.807, 2.05) is 30.3 Å². The largest absolute Gasteiger partial charge is 0.573 e. The van der Waals surface area contributed by atoms with Gasteiger partial charge in [-0.1, -0.05) is 42.1 Å². The van der Waals surface area contributed by atoms with Gasteiger partial charge in [0, 0.05) is 31.6 Å². The van der Waals surface area contributed by atoms with Crippen molar-refractivity contribution in [3.63, 3.8) is 0 Å². The number of amides is 2. The number of carbonyl (C=O) groups excluding carboxylic acids is 2. The summed E-state index contributed by atoms with van der Waals surface area (Å²) in [6.45, 7) is 0.929. The number of benzene rings is 2. The lowest BCUT2D eigenvalue weighted by Gasteiger charge is -2.16. The lowest BCUT2D eigenvalue weighted by molar-refractivity contribution is -0.274. The van der Waals surface area contributed by atoms with Gasteiger partial charge in [-0.3, -0.25) is 9.59 Å². The van der Waals surface area contributed by atoms with Crippen LogP contribution in [-0.4, -0.2) is 50.1 Å². The molecule has 0 spiro atoms. The highest BCUT2D eigenvalue weighted by molar-refractivity contribution is 7.99. The number of rotatable bonds is 8. The molecule has 0 bridgehead atoms. The molecule has 0 unspecified atom stereocenters. The molecular weight excluding hydrogens is 483 g/mol. The van der Waals surface area contributed by atoms with Gasteiger partial charge in [-0.2, -0.15) is 0 Å². The Balaban J connectivity index is 1.28. The Bertz CT molecular complexity index is 1190. The van der Waals surface area contributed by atoms with Gasteiger partial charge in [0.15, 0.2) is 11.0 Å². The third-order valence-electron chi connectivity index (χ3n) is 5.45. The molecule has 184 valence electrons. The molecule has 3 aromatic rings. The summed E-state index contributed by atoms with van der Waals surface area (Å²) in [6, 6.07) is 14.8. The Labute approximate surface area is 203 Å². The van der Waals surface area contributed by atoms with Crippen molar-refractivity contribution in [2.75, 3.05) is 17.6 Å². The molecule has 2 aromatic carbocycles. The van der Waals surface area contributed by atoms with Gasteiger partial charge in [-0.25, -0.2) is 0 Å². The van der Waals surface area contributed by atoms with Gasteiger partial charge in [-0.05, 0) is 29.8 Å². The van der Waals surface area contributed by atoms with Crippen molar-refractivity contribution in [1.29, 1.82) is 0 Å². The van der Waals surface area contributed by atoms with E-state index in [-0.39, 0.29) is 29.2 Å². The number of likely N-dealkylation sites (tertiary alicyclic amines) is 1. The normalized spacial score (nSPS) is 15.9. The number of hydrogen-bond acceptors (Lipinski definition) is 6. The zero-order chi connectivity index (χ0) is 25.0. The molecule has 0 aliphatic carbocycles. The monoisotopic (exact) mass is 505 g/mol. The van der Waals surface area contributed by atoms with Crippen molar-refractivity contribution < 1.29 is 27.5 Å². The summed E-state index contributed by atoms with van der Waals surface area (Å²) in [4.78, 5) is 26.5. The molecule has 1 atom stereocenters. The number of hydrogen-bond donors (Lipinski definition) is 1. The van der Waals surface area contributed by atoms with E-state index in [1.54, 1.807) is 16.5 Å². The van der Waals surface area contributed by atoms with Gasteiger partial charge in [0.05, 0.1) is 12.3 Å². The van der Waals surface area contributed by atoms with E-state index in [2.05, 4.69) is 20.3 Å².